The van der Waals surface area contributed by atoms with Crippen LogP contribution in [0.4, 0.5) is 14.5 Å². The maximum atomic E-state index is 15.8. The van der Waals surface area contributed by atoms with Crippen molar-refractivity contribution in [1.29, 1.82) is 0 Å². The number of nitrogens with one attached hydrogen (secondary N) is 3. The van der Waals surface area contributed by atoms with E-state index in [9.17, 15) is 23.6 Å². The van der Waals surface area contributed by atoms with E-state index in [1.165, 1.54) is 59.4 Å². The van der Waals surface area contributed by atoms with Crippen LogP contribution in [0.2, 0.25) is 0 Å². The van der Waals surface area contributed by atoms with Gasteiger partial charge < -0.3 is 25.8 Å². The number of nitrogens with zero attached hydrogens (tertiary/aromatic N) is 4. The monoisotopic (exact) mass is 677 g/mol. The number of rotatable bonds is 13. The number of anilines is 1. The van der Waals surface area contributed by atoms with Crippen molar-refractivity contribution in [3.8, 4) is 0 Å². The molecule has 11 nitrogen and oxygen atoms in total. The molecule has 3 aromatic rings. The van der Waals surface area contributed by atoms with Gasteiger partial charge in [0.2, 0.25) is 17.7 Å². The quantitative estimate of drug-likeness (QED) is 0.233. The van der Waals surface area contributed by atoms with Gasteiger partial charge in [0.05, 0.1) is 5.69 Å². The van der Waals surface area contributed by atoms with E-state index in [1.807, 2.05) is 20.9 Å². The number of halogens is 2. The molecule has 1 aromatic heterocycles. The number of carbonyl (C=O) groups is 4. The lowest BCUT2D eigenvalue weighted by Gasteiger charge is -2.36. The molecule has 1 fully saturated rings. The van der Waals surface area contributed by atoms with Gasteiger partial charge in [0.1, 0.15) is 29.4 Å². The van der Waals surface area contributed by atoms with Crippen LogP contribution in [0, 0.1) is 11.6 Å². The number of carbonyl (C=O) groups excluding carboxylic acids is 4. The van der Waals surface area contributed by atoms with Crippen LogP contribution in [-0.2, 0) is 14.4 Å². The number of piperazine rings is 1. The molecule has 0 aliphatic carbocycles. The Morgan fingerprint density at radius 1 is 0.918 bits per heavy atom. The van der Waals surface area contributed by atoms with Crippen LogP contribution in [0.25, 0.3) is 0 Å². The summed E-state index contributed by atoms with van der Waals surface area (Å²) in [5.74, 6) is -4.53. The molecule has 0 bridgehead atoms. The number of hydrogen-bond acceptors (Lipinski definition) is 6. The molecule has 0 radical (unpaired) electrons. The molecule has 49 heavy (non-hydrogen) atoms. The molecule has 1 aliphatic heterocycles. The highest BCUT2D eigenvalue weighted by molar-refractivity contribution is 6.01. The molecule has 4 rings (SSSR count). The first-order valence-electron chi connectivity index (χ1n) is 16.4. The molecule has 0 spiro atoms. The lowest BCUT2D eigenvalue weighted by molar-refractivity contribution is -0.138. The topological polar surface area (TPSA) is 129 Å². The zero-order valence-corrected chi connectivity index (χ0v) is 28.6. The van der Waals surface area contributed by atoms with Crippen molar-refractivity contribution in [3.05, 3.63) is 95.8 Å². The molecule has 3 N–H and O–H groups in total. The number of aromatic nitrogens is 2. The molecule has 0 saturated carbocycles. The fourth-order valence-corrected chi connectivity index (χ4v) is 5.82. The zero-order chi connectivity index (χ0) is 35.8. The predicted molar refractivity (Wildman–Crippen MR) is 183 cm³/mol. The van der Waals surface area contributed by atoms with Crippen molar-refractivity contribution in [3.63, 3.8) is 0 Å². The summed E-state index contributed by atoms with van der Waals surface area (Å²) in [5, 5.41) is 12.3. The summed E-state index contributed by atoms with van der Waals surface area (Å²) >= 11 is 0. The molecule has 1 saturated heterocycles. The normalized spacial score (nSPS) is 16.0. The highest BCUT2D eigenvalue weighted by atomic mass is 19.1. The predicted octanol–water partition coefficient (Wildman–Crippen LogP) is 4.22. The van der Waals surface area contributed by atoms with Gasteiger partial charge in [-0.2, -0.15) is 5.10 Å². The van der Waals surface area contributed by atoms with Crippen LogP contribution >= 0.6 is 0 Å². The summed E-state index contributed by atoms with van der Waals surface area (Å²) in [4.78, 5) is 57.1. The summed E-state index contributed by atoms with van der Waals surface area (Å²) in [7, 11) is 1.97. The number of hydrogen-bond donors (Lipinski definition) is 3. The van der Waals surface area contributed by atoms with Crippen molar-refractivity contribution in [1.82, 2.24) is 30.2 Å². The third-order valence-corrected chi connectivity index (χ3v) is 8.82. The van der Waals surface area contributed by atoms with Crippen LogP contribution in [0.1, 0.15) is 73.6 Å². The highest BCUT2D eigenvalue weighted by Crippen LogP contribution is 2.28. The summed E-state index contributed by atoms with van der Waals surface area (Å²) < 4.78 is 31.0. The lowest BCUT2D eigenvalue weighted by atomic mass is 9.89. The first kappa shape index (κ1) is 36.9. The average Bonchev–Trinajstić information content (AvgIpc) is 3.59. The maximum Gasteiger partial charge on any atom is 0.270 e. The van der Waals surface area contributed by atoms with Gasteiger partial charge in [0, 0.05) is 56.7 Å². The van der Waals surface area contributed by atoms with Crippen molar-refractivity contribution in [2.75, 3.05) is 38.5 Å². The minimum absolute atomic E-state index is 0.128. The second-order valence-electron chi connectivity index (χ2n) is 12.6. The highest BCUT2D eigenvalue weighted by Gasteiger charge is 2.35. The third kappa shape index (κ3) is 8.96. The second-order valence-corrected chi connectivity index (χ2v) is 12.6. The Kier molecular flexibility index (Phi) is 12.4. The largest absolute Gasteiger partial charge is 0.343 e. The SMILES string of the molecule is C=C[C@@H](c1ccc(NC(=O)C(NC(=O)c2ccnn2C(C)C)C(C)c2ccc(F)cc2)c(F)c1)[C@@H](NC(=O)CC)C(=O)N1CCN(C)CC1. The van der Waals surface area contributed by atoms with Crippen molar-refractivity contribution < 1.29 is 28.0 Å². The Balaban J connectivity index is 1.60. The zero-order valence-electron chi connectivity index (χ0n) is 28.6. The average molecular weight is 678 g/mol. The van der Waals surface area contributed by atoms with Crippen molar-refractivity contribution in [2.24, 2.45) is 0 Å². The molecular weight excluding hydrogens is 632 g/mol. The van der Waals surface area contributed by atoms with Crippen LogP contribution in [0.15, 0.2) is 67.4 Å². The molecule has 2 aromatic carbocycles. The third-order valence-electron chi connectivity index (χ3n) is 8.82. The van der Waals surface area contributed by atoms with Crippen LogP contribution in [0.3, 0.4) is 0 Å². The van der Waals surface area contributed by atoms with E-state index >= 15 is 4.39 Å². The standard InChI is InChI=1S/C36H45F2N7O4/c1-7-27(33(41-31(46)8-2)36(49)44-19-17-43(6)18-20-44)25-11-14-29(28(38)21-25)40-35(48)32(23(5)24-9-12-26(37)13-10-24)42-34(47)30-15-16-39-45(30)22(3)4/h7,9-16,21-23,27,32-33H,1,8,17-20H2,2-6H3,(H,40,48)(H,41,46)(H,42,47)/t23?,27-,32?,33+/m0/s1. The van der Waals surface area contributed by atoms with Gasteiger partial charge in [-0.25, -0.2) is 8.78 Å². The summed E-state index contributed by atoms with van der Waals surface area (Å²) in [5.41, 5.74) is 1.03. The van der Waals surface area contributed by atoms with Gasteiger partial charge in [-0.05, 0) is 62.4 Å². The summed E-state index contributed by atoms with van der Waals surface area (Å²) in [6, 6.07) is 8.89. The second kappa shape index (κ2) is 16.5. The van der Waals surface area contributed by atoms with Gasteiger partial charge >= 0.3 is 0 Å². The fraction of sp³-hybridized carbons (Fsp3) is 0.417. The van der Waals surface area contributed by atoms with Gasteiger partial charge in [0.15, 0.2) is 0 Å². The van der Waals surface area contributed by atoms with Crippen LogP contribution < -0.4 is 16.0 Å². The molecule has 2 unspecified atom stereocenters. The fourth-order valence-electron chi connectivity index (χ4n) is 5.82. The Morgan fingerprint density at radius 2 is 1.57 bits per heavy atom. The molecule has 4 atom stereocenters. The van der Waals surface area contributed by atoms with E-state index in [0.29, 0.717) is 37.3 Å². The van der Waals surface area contributed by atoms with Gasteiger partial charge in [-0.1, -0.05) is 38.1 Å². The first-order chi connectivity index (χ1) is 23.3. The van der Waals surface area contributed by atoms with E-state index in [4.69, 9.17) is 0 Å². The van der Waals surface area contributed by atoms with E-state index in [-0.39, 0.29) is 35.7 Å². The van der Waals surface area contributed by atoms with E-state index < -0.39 is 47.4 Å². The molecule has 4 amide bonds. The molecule has 1 aliphatic rings. The number of likely N-dealkylation sites (N-methyl/N-ethyl adjacent to an activating group) is 1. The molecule has 13 heteroatoms. The van der Waals surface area contributed by atoms with E-state index in [2.05, 4.69) is 32.5 Å². The minimum atomic E-state index is -1.19. The van der Waals surface area contributed by atoms with Crippen molar-refractivity contribution >= 4 is 29.3 Å². The Labute approximate surface area is 285 Å². The van der Waals surface area contributed by atoms with Gasteiger partial charge in [-0.3, -0.25) is 23.9 Å². The summed E-state index contributed by atoms with van der Waals surface area (Å²) in [6.45, 7) is 13.3. The molecule has 2 heterocycles. The Bertz CT molecular complexity index is 1650. The molecule has 262 valence electrons. The Hall–Kier alpha value is -4.91. The molecular formula is C36H45F2N7O4. The minimum Gasteiger partial charge on any atom is -0.343 e. The summed E-state index contributed by atoms with van der Waals surface area (Å²) in [6.07, 6.45) is 3.14. The Morgan fingerprint density at radius 3 is 2.16 bits per heavy atom. The van der Waals surface area contributed by atoms with Gasteiger partial charge in [0.25, 0.3) is 5.91 Å². The van der Waals surface area contributed by atoms with Crippen molar-refractivity contribution in [2.45, 2.75) is 64.1 Å². The smallest absolute Gasteiger partial charge is 0.270 e. The van der Waals surface area contributed by atoms with Gasteiger partial charge in [-0.15, -0.1) is 6.58 Å². The van der Waals surface area contributed by atoms with Crippen LogP contribution in [-0.4, -0.2) is 88.5 Å². The maximum absolute atomic E-state index is 15.8. The number of amides is 4. The number of benzene rings is 2. The van der Waals surface area contributed by atoms with E-state index in [1.54, 1.807) is 24.8 Å². The first-order valence-corrected chi connectivity index (χ1v) is 16.4. The van der Waals surface area contributed by atoms with Crippen LogP contribution in [0.5, 0.6) is 0 Å². The van der Waals surface area contributed by atoms with E-state index in [0.717, 1.165) is 0 Å². The lowest BCUT2D eigenvalue weighted by Crippen LogP contribution is -2.55.